The lowest BCUT2D eigenvalue weighted by molar-refractivity contribution is 1.15. The van der Waals surface area contributed by atoms with Crippen molar-refractivity contribution in [2.24, 2.45) is 0 Å². The van der Waals surface area contributed by atoms with Crippen LogP contribution in [0, 0.1) is 0 Å². The molecule has 0 saturated carbocycles. The summed E-state index contributed by atoms with van der Waals surface area (Å²) in [6, 6.07) is 66.2. The molecule has 0 aliphatic heterocycles. The average molecular weight is 611 g/mol. The van der Waals surface area contributed by atoms with Crippen LogP contribution in [0.1, 0.15) is 0 Å². The molecule has 10 rings (SSSR count). The summed E-state index contributed by atoms with van der Waals surface area (Å²) in [6.07, 6.45) is 0. The highest BCUT2D eigenvalue weighted by atomic mass is 15.0. The van der Waals surface area contributed by atoms with Crippen LogP contribution in [0.25, 0.3) is 88.0 Å². The molecule has 0 saturated heterocycles. The molecule has 0 aliphatic rings. The van der Waals surface area contributed by atoms with E-state index in [2.05, 4.69) is 191 Å². The number of aromatic nitrogens is 2. The van der Waals surface area contributed by atoms with Crippen LogP contribution in [0.15, 0.2) is 182 Å². The van der Waals surface area contributed by atoms with Crippen molar-refractivity contribution in [1.29, 1.82) is 0 Å². The molecule has 0 amide bonds. The maximum Gasteiger partial charge on any atom is 0.0789 e. The van der Waals surface area contributed by atoms with Crippen molar-refractivity contribution in [3.63, 3.8) is 0 Å². The number of benzene rings is 8. The van der Waals surface area contributed by atoms with Crippen molar-refractivity contribution in [3.05, 3.63) is 182 Å². The zero-order chi connectivity index (χ0) is 31.6. The first-order valence-electron chi connectivity index (χ1n) is 16.5. The average Bonchev–Trinajstić information content (AvgIpc) is 3.69. The fourth-order valence-corrected chi connectivity index (χ4v) is 7.84. The summed E-state index contributed by atoms with van der Waals surface area (Å²) in [4.78, 5) is 0. The van der Waals surface area contributed by atoms with Gasteiger partial charge in [-0.3, -0.25) is 0 Å². The fourth-order valence-electron chi connectivity index (χ4n) is 7.84. The quantitative estimate of drug-likeness (QED) is 0.188. The topological polar surface area (TPSA) is 9.86 Å². The Balaban J connectivity index is 1.37. The number of rotatable bonds is 4. The van der Waals surface area contributed by atoms with E-state index in [1.165, 1.54) is 76.6 Å². The van der Waals surface area contributed by atoms with Crippen molar-refractivity contribution in [2.45, 2.75) is 0 Å². The maximum atomic E-state index is 2.50. The summed E-state index contributed by atoms with van der Waals surface area (Å²) < 4.78 is 4.99. The van der Waals surface area contributed by atoms with Crippen LogP contribution in [0.5, 0.6) is 0 Å². The summed E-state index contributed by atoms with van der Waals surface area (Å²) in [5, 5.41) is 7.50. The van der Waals surface area contributed by atoms with Crippen LogP contribution in [0.2, 0.25) is 0 Å². The van der Waals surface area contributed by atoms with Gasteiger partial charge in [0.05, 0.1) is 22.1 Å². The van der Waals surface area contributed by atoms with Crippen molar-refractivity contribution in [3.8, 4) is 33.6 Å². The lowest BCUT2D eigenvalue weighted by Crippen LogP contribution is -1.99. The molecule has 2 aromatic heterocycles. The van der Waals surface area contributed by atoms with Crippen LogP contribution in [-0.2, 0) is 0 Å². The molecule has 0 fully saturated rings. The van der Waals surface area contributed by atoms with Crippen LogP contribution in [0.4, 0.5) is 0 Å². The first-order valence-corrected chi connectivity index (χ1v) is 16.5. The minimum atomic E-state index is 1.15. The van der Waals surface area contributed by atoms with Gasteiger partial charge in [0.15, 0.2) is 0 Å². The van der Waals surface area contributed by atoms with Gasteiger partial charge in [-0.2, -0.15) is 0 Å². The van der Waals surface area contributed by atoms with Gasteiger partial charge in [-0.1, -0.05) is 152 Å². The standard InChI is InChI=1S/C46H30N2/c1-3-14-32(15-4-1)38-25-13-26-40-42-29-28-41-39-23-9-10-27-43(39)47(45(41)46(42)48(44(38)40)34-19-5-2-6-20-34)35-21-11-18-33(30-35)37-24-12-17-31-16-7-8-22-36(31)37/h1-30H. The Bertz CT molecular complexity index is 2810. The molecule has 0 unspecified atom stereocenters. The molecular weight excluding hydrogens is 581 g/mol. The molecule has 0 bridgehead atoms. The van der Waals surface area contributed by atoms with Crippen molar-refractivity contribution in [1.82, 2.24) is 9.13 Å². The van der Waals surface area contributed by atoms with Gasteiger partial charge in [-0.15, -0.1) is 0 Å². The van der Waals surface area contributed by atoms with Crippen molar-refractivity contribution < 1.29 is 0 Å². The van der Waals surface area contributed by atoms with Crippen LogP contribution >= 0.6 is 0 Å². The Morgan fingerprint density at radius 1 is 0.292 bits per heavy atom. The Morgan fingerprint density at radius 2 is 0.833 bits per heavy atom. The van der Waals surface area contributed by atoms with E-state index >= 15 is 0 Å². The molecule has 10 aromatic rings. The van der Waals surface area contributed by atoms with Gasteiger partial charge >= 0.3 is 0 Å². The molecule has 8 aromatic carbocycles. The van der Waals surface area contributed by atoms with Gasteiger partial charge in [0.1, 0.15) is 0 Å². The Kier molecular flexibility index (Phi) is 5.91. The van der Waals surface area contributed by atoms with Crippen LogP contribution in [-0.4, -0.2) is 9.13 Å². The summed E-state index contributed by atoms with van der Waals surface area (Å²) in [5.41, 5.74) is 12.0. The highest BCUT2D eigenvalue weighted by molar-refractivity contribution is 6.25. The van der Waals surface area contributed by atoms with Gasteiger partial charge < -0.3 is 9.13 Å². The molecule has 2 heterocycles. The molecule has 2 nitrogen and oxygen atoms in total. The third-order valence-electron chi connectivity index (χ3n) is 9.89. The van der Waals surface area contributed by atoms with Crippen molar-refractivity contribution in [2.75, 3.05) is 0 Å². The normalized spacial score (nSPS) is 11.8. The lowest BCUT2D eigenvalue weighted by Gasteiger charge is -2.15. The number of para-hydroxylation sites is 3. The fraction of sp³-hybridized carbons (Fsp3) is 0. The Labute approximate surface area is 278 Å². The summed E-state index contributed by atoms with van der Waals surface area (Å²) >= 11 is 0. The summed E-state index contributed by atoms with van der Waals surface area (Å²) in [6.45, 7) is 0. The largest absolute Gasteiger partial charge is 0.307 e. The second-order valence-corrected chi connectivity index (χ2v) is 12.5. The first kappa shape index (κ1) is 26.8. The molecule has 48 heavy (non-hydrogen) atoms. The second kappa shape index (κ2) is 10.6. The zero-order valence-electron chi connectivity index (χ0n) is 26.2. The van der Waals surface area contributed by atoms with Crippen LogP contribution < -0.4 is 0 Å². The predicted molar refractivity (Wildman–Crippen MR) is 203 cm³/mol. The van der Waals surface area contributed by atoms with E-state index in [-0.39, 0.29) is 0 Å². The number of fused-ring (bicyclic) bond motifs is 8. The van der Waals surface area contributed by atoms with E-state index in [9.17, 15) is 0 Å². The number of nitrogens with zero attached hydrogens (tertiary/aromatic N) is 2. The van der Waals surface area contributed by atoms with Gasteiger partial charge in [0.2, 0.25) is 0 Å². The molecule has 0 radical (unpaired) electrons. The molecule has 0 spiro atoms. The minimum absolute atomic E-state index is 1.15. The molecule has 0 atom stereocenters. The van der Waals surface area contributed by atoms with E-state index in [1.807, 2.05) is 0 Å². The highest BCUT2D eigenvalue weighted by Gasteiger charge is 2.23. The molecule has 0 N–H and O–H groups in total. The third kappa shape index (κ3) is 3.93. The first-order chi connectivity index (χ1) is 23.8. The lowest BCUT2D eigenvalue weighted by atomic mass is 9.98. The summed E-state index contributed by atoms with van der Waals surface area (Å²) in [7, 11) is 0. The van der Waals surface area contributed by atoms with Gasteiger partial charge in [0, 0.05) is 38.5 Å². The monoisotopic (exact) mass is 610 g/mol. The van der Waals surface area contributed by atoms with E-state index in [0.717, 1.165) is 11.4 Å². The van der Waals surface area contributed by atoms with E-state index < -0.39 is 0 Å². The second-order valence-electron chi connectivity index (χ2n) is 12.5. The molecule has 0 aliphatic carbocycles. The van der Waals surface area contributed by atoms with E-state index in [1.54, 1.807) is 0 Å². The molecule has 2 heteroatoms. The molecule has 224 valence electrons. The Hall–Kier alpha value is -6.38. The molecular formula is C46H30N2. The number of hydrogen-bond acceptors (Lipinski definition) is 0. The SMILES string of the molecule is c1ccc(-c2cccc3c4ccc5c6ccccc6n(-c6cccc(-c7cccc8ccccc78)c6)c5c4n(-c4ccccc4)c23)cc1. The van der Waals surface area contributed by atoms with Gasteiger partial charge in [-0.25, -0.2) is 0 Å². The van der Waals surface area contributed by atoms with E-state index in [4.69, 9.17) is 0 Å². The highest BCUT2D eigenvalue weighted by Crippen LogP contribution is 2.44. The van der Waals surface area contributed by atoms with Crippen molar-refractivity contribution >= 4 is 54.4 Å². The Morgan fingerprint density at radius 3 is 1.69 bits per heavy atom. The van der Waals surface area contributed by atoms with E-state index in [0.29, 0.717) is 0 Å². The maximum absolute atomic E-state index is 2.50. The zero-order valence-corrected chi connectivity index (χ0v) is 26.2. The predicted octanol–water partition coefficient (Wildman–Crippen LogP) is 12.4. The summed E-state index contributed by atoms with van der Waals surface area (Å²) in [5.74, 6) is 0. The third-order valence-corrected chi connectivity index (χ3v) is 9.89. The van der Waals surface area contributed by atoms with Crippen LogP contribution in [0.3, 0.4) is 0 Å². The van der Waals surface area contributed by atoms with Gasteiger partial charge in [0.25, 0.3) is 0 Å². The number of hydrogen-bond donors (Lipinski definition) is 0. The minimum Gasteiger partial charge on any atom is -0.307 e. The van der Waals surface area contributed by atoms with Gasteiger partial charge in [-0.05, 0) is 57.8 Å². The smallest absolute Gasteiger partial charge is 0.0789 e.